The van der Waals surface area contributed by atoms with Gasteiger partial charge in [-0.2, -0.15) is 0 Å². The topological polar surface area (TPSA) is 101 Å². The fourth-order valence-electron chi connectivity index (χ4n) is 1.91. The molecule has 2 rings (SSSR count). The summed E-state index contributed by atoms with van der Waals surface area (Å²) in [6.45, 7) is 2.20. The Morgan fingerprint density at radius 3 is 2.48 bits per heavy atom. The van der Waals surface area contributed by atoms with Crippen molar-refractivity contribution in [1.29, 1.82) is 0 Å². The van der Waals surface area contributed by atoms with Gasteiger partial charge in [-0.25, -0.2) is 13.1 Å². The lowest BCUT2D eigenvalue weighted by Gasteiger charge is -2.12. The van der Waals surface area contributed by atoms with Crippen LogP contribution in [0.25, 0.3) is 0 Å². The molecule has 0 bridgehead atoms. The highest BCUT2D eigenvalue weighted by Gasteiger charge is 2.17. The molecule has 0 aliphatic carbocycles. The van der Waals surface area contributed by atoms with Gasteiger partial charge in [0.15, 0.2) is 0 Å². The molecule has 8 heteroatoms. The molecule has 1 aromatic carbocycles. The van der Waals surface area contributed by atoms with Crippen LogP contribution in [-0.2, 0) is 21.4 Å². The third-order valence-corrected chi connectivity index (χ3v) is 6.32. The van der Waals surface area contributed by atoms with E-state index >= 15 is 0 Å². The molecule has 1 atom stereocenters. The number of benzene rings is 1. The largest absolute Gasteiger partial charge is 0.350 e. The van der Waals surface area contributed by atoms with Gasteiger partial charge < -0.3 is 11.1 Å². The molecule has 0 saturated carbocycles. The fraction of sp³-hybridized carbons (Fsp3) is 0.267. The summed E-state index contributed by atoms with van der Waals surface area (Å²) in [5.74, 6) is -0.305. The van der Waals surface area contributed by atoms with Crippen LogP contribution in [0.15, 0.2) is 40.6 Å². The SMILES string of the molecule is CNS(=O)(=O)c1ccc(CNC(=O)C(N)c2ccc(C)cc2)s1. The molecule has 1 amide bonds. The van der Waals surface area contributed by atoms with Crippen molar-refractivity contribution in [2.24, 2.45) is 5.73 Å². The molecule has 0 spiro atoms. The van der Waals surface area contributed by atoms with Crippen LogP contribution >= 0.6 is 11.3 Å². The third kappa shape index (κ3) is 4.38. The zero-order chi connectivity index (χ0) is 17.0. The van der Waals surface area contributed by atoms with Crippen LogP contribution < -0.4 is 15.8 Å². The van der Waals surface area contributed by atoms with Crippen LogP contribution in [0.2, 0.25) is 0 Å². The van der Waals surface area contributed by atoms with E-state index in [2.05, 4.69) is 10.0 Å². The van der Waals surface area contributed by atoms with Gasteiger partial charge in [-0.1, -0.05) is 29.8 Å². The van der Waals surface area contributed by atoms with Gasteiger partial charge in [-0.05, 0) is 31.7 Å². The summed E-state index contributed by atoms with van der Waals surface area (Å²) in [5, 5.41) is 2.73. The number of amides is 1. The van der Waals surface area contributed by atoms with Crippen molar-refractivity contribution in [3.8, 4) is 0 Å². The van der Waals surface area contributed by atoms with E-state index in [1.165, 1.54) is 13.1 Å². The Morgan fingerprint density at radius 2 is 1.87 bits per heavy atom. The molecule has 0 saturated heterocycles. The van der Waals surface area contributed by atoms with Gasteiger partial charge in [0, 0.05) is 4.88 Å². The normalized spacial score (nSPS) is 12.8. The standard InChI is InChI=1S/C15H19N3O3S2/c1-10-3-5-11(6-4-10)14(16)15(19)18-9-12-7-8-13(22-12)23(20,21)17-2/h3-8,14,17H,9,16H2,1-2H3,(H,18,19). The first-order chi connectivity index (χ1) is 10.8. The van der Waals surface area contributed by atoms with Crippen molar-refractivity contribution in [3.63, 3.8) is 0 Å². The number of rotatable bonds is 6. The number of hydrogen-bond donors (Lipinski definition) is 3. The predicted octanol–water partition coefficient (Wildman–Crippen LogP) is 1.28. The number of aryl methyl sites for hydroxylation is 1. The second kappa shape index (κ2) is 7.22. The highest BCUT2D eigenvalue weighted by molar-refractivity contribution is 7.91. The van der Waals surface area contributed by atoms with E-state index in [1.54, 1.807) is 6.07 Å². The molecular formula is C15H19N3O3S2. The molecule has 23 heavy (non-hydrogen) atoms. The van der Waals surface area contributed by atoms with Gasteiger partial charge in [-0.15, -0.1) is 11.3 Å². The summed E-state index contributed by atoms with van der Waals surface area (Å²) in [6, 6.07) is 9.87. The summed E-state index contributed by atoms with van der Waals surface area (Å²) in [6.07, 6.45) is 0. The first kappa shape index (κ1) is 17.6. The second-order valence-corrected chi connectivity index (χ2v) is 8.32. The lowest BCUT2D eigenvalue weighted by molar-refractivity contribution is -0.122. The quantitative estimate of drug-likeness (QED) is 0.728. The highest BCUT2D eigenvalue weighted by Crippen LogP contribution is 2.21. The van der Waals surface area contributed by atoms with E-state index in [1.807, 2.05) is 31.2 Å². The molecular weight excluding hydrogens is 334 g/mol. The number of carbonyl (C=O) groups is 1. The van der Waals surface area contributed by atoms with Crippen LogP contribution in [0.4, 0.5) is 0 Å². The van der Waals surface area contributed by atoms with Crippen LogP contribution in [0, 0.1) is 6.92 Å². The average molecular weight is 353 g/mol. The Kier molecular flexibility index (Phi) is 5.53. The van der Waals surface area contributed by atoms with Crippen LogP contribution in [0.1, 0.15) is 22.0 Å². The summed E-state index contributed by atoms with van der Waals surface area (Å²) in [4.78, 5) is 12.8. The summed E-state index contributed by atoms with van der Waals surface area (Å²) in [7, 11) is -2.09. The lowest BCUT2D eigenvalue weighted by atomic mass is 10.1. The average Bonchev–Trinajstić information content (AvgIpc) is 3.02. The van der Waals surface area contributed by atoms with Crippen molar-refractivity contribution < 1.29 is 13.2 Å². The lowest BCUT2D eigenvalue weighted by Crippen LogP contribution is -2.33. The van der Waals surface area contributed by atoms with Gasteiger partial charge in [-0.3, -0.25) is 4.79 Å². The Balaban J connectivity index is 1.98. The number of thiophene rings is 1. The number of nitrogens with one attached hydrogen (secondary N) is 2. The fourth-order valence-corrected chi connectivity index (χ4v) is 4.04. The van der Waals surface area contributed by atoms with E-state index in [9.17, 15) is 13.2 Å². The minimum atomic E-state index is -3.45. The number of sulfonamides is 1. The van der Waals surface area contributed by atoms with E-state index in [4.69, 9.17) is 5.73 Å². The highest BCUT2D eigenvalue weighted by atomic mass is 32.2. The van der Waals surface area contributed by atoms with E-state index < -0.39 is 16.1 Å². The maximum Gasteiger partial charge on any atom is 0.249 e. The summed E-state index contributed by atoms with van der Waals surface area (Å²) in [5.41, 5.74) is 7.76. The zero-order valence-electron chi connectivity index (χ0n) is 12.9. The van der Waals surface area contributed by atoms with Crippen molar-refractivity contribution in [1.82, 2.24) is 10.0 Å². The van der Waals surface area contributed by atoms with Crippen LogP contribution in [0.5, 0.6) is 0 Å². The first-order valence-electron chi connectivity index (χ1n) is 6.95. The number of carbonyl (C=O) groups excluding carboxylic acids is 1. The zero-order valence-corrected chi connectivity index (χ0v) is 14.5. The number of hydrogen-bond acceptors (Lipinski definition) is 5. The van der Waals surface area contributed by atoms with Crippen molar-refractivity contribution in [3.05, 3.63) is 52.4 Å². The molecule has 6 nitrogen and oxygen atoms in total. The first-order valence-corrected chi connectivity index (χ1v) is 9.25. The smallest absolute Gasteiger partial charge is 0.249 e. The minimum Gasteiger partial charge on any atom is -0.350 e. The van der Waals surface area contributed by atoms with E-state index in [-0.39, 0.29) is 16.7 Å². The van der Waals surface area contributed by atoms with Gasteiger partial charge in [0.25, 0.3) is 0 Å². The third-order valence-electron chi connectivity index (χ3n) is 3.33. The Hall–Kier alpha value is -1.74. The van der Waals surface area contributed by atoms with Gasteiger partial charge in [0.2, 0.25) is 15.9 Å². The molecule has 1 heterocycles. The molecule has 0 radical (unpaired) electrons. The van der Waals surface area contributed by atoms with Crippen molar-refractivity contribution >= 4 is 27.3 Å². The predicted molar refractivity (Wildman–Crippen MR) is 90.5 cm³/mol. The van der Waals surface area contributed by atoms with Crippen LogP contribution in [0.3, 0.4) is 0 Å². The Labute approximate surface area is 139 Å². The molecule has 4 N–H and O–H groups in total. The van der Waals surface area contributed by atoms with Gasteiger partial charge in [0.1, 0.15) is 10.3 Å². The Morgan fingerprint density at radius 1 is 1.22 bits per heavy atom. The second-order valence-electron chi connectivity index (χ2n) is 5.03. The molecule has 0 fully saturated rings. The minimum absolute atomic E-state index is 0.215. The summed E-state index contributed by atoms with van der Waals surface area (Å²) >= 11 is 1.11. The molecule has 0 aliphatic rings. The van der Waals surface area contributed by atoms with Crippen molar-refractivity contribution in [2.45, 2.75) is 23.7 Å². The Bertz CT molecular complexity index is 783. The van der Waals surface area contributed by atoms with E-state index in [0.29, 0.717) is 0 Å². The monoisotopic (exact) mass is 353 g/mol. The van der Waals surface area contributed by atoms with Crippen molar-refractivity contribution in [2.75, 3.05) is 7.05 Å². The maximum absolute atomic E-state index is 12.1. The molecule has 2 aromatic rings. The summed E-state index contributed by atoms with van der Waals surface area (Å²) < 4.78 is 25.8. The maximum atomic E-state index is 12.1. The van der Waals surface area contributed by atoms with Gasteiger partial charge >= 0.3 is 0 Å². The molecule has 1 unspecified atom stereocenters. The van der Waals surface area contributed by atoms with Gasteiger partial charge in [0.05, 0.1) is 6.54 Å². The van der Waals surface area contributed by atoms with Crippen LogP contribution in [-0.4, -0.2) is 21.4 Å². The van der Waals surface area contributed by atoms with E-state index in [0.717, 1.165) is 27.3 Å². The molecule has 1 aromatic heterocycles. The number of nitrogens with two attached hydrogens (primary N) is 1. The molecule has 124 valence electrons. The molecule has 0 aliphatic heterocycles.